The van der Waals surface area contributed by atoms with E-state index in [1.54, 1.807) is 6.08 Å². The van der Waals surface area contributed by atoms with Gasteiger partial charge >= 0.3 is 0 Å². The van der Waals surface area contributed by atoms with E-state index in [2.05, 4.69) is 0 Å². The smallest absolute Gasteiger partial charge is 0.257 e. The van der Waals surface area contributed by atoms with Crippen molar-refractivity contribution in [3.63, 3.8) is 0 Å². The van der Waals surface area contributed by atoms with Crippen LogP contribution in [0.5, 0.6) is 0 Å². The molecule has 1 aromatic rings. The van der Waals surface area contributed by atoms with Gasteiger partial charge < -0.3 is 0 Å². The van der Waals surface area contributed by atoms with Crippen LogP contribution in [0.4, 0.5) is 0 Å². The molecule has 4 nitrogen and oxygen atoms in total. The van der Waals surface area contributed by atoms with Gasteiger partial charge in [0.1, 0.15) is 0 Å². The van der Waals surface area contributed by atoms with Crippen molar-refractivity contribution in [2.75, 3.05) is 6.26 Å². The highest BCUT2D eigenvalue weighted by molar-refractivity contribution is 7.89. The first-order valence-corrected chi connectivity index (χ1v) is 6.52. The Morgan fingerprint density at radius 2 is 2.06 bits per heavy atom. The molecule has 0 spiro atoms. The van der Waals surface area contributed by atoms with E-state index in [4.69, 9.17) is 0 Å². The predicted octanol–water partition coefficient (Wildman–Crippen LogP) is 1.08. The van der Waals surface area contributed by atoms with Crippen molar-refractivity contribution >= 4 is 22.0 Å². The van der Waals surface area contributed by atoms with Crippen LogP contribution in [0.15, 0.2) is 30.3 Å². The molecule has 0 saturated carbocycles. The summed E-state index contributed by atoms with van der Waals surface area (Å²) in [5, 5.41) is 0. The van der Waals surface area contributed by atoms with Gasteiger partial charge in [0.25, 0.3) is 5.91 Å². The molecule has 1 N–H and O–H groups in total. The largest absolute Gasteiger partial charge is 0.269 e. The van der Waals surface area contributed by atoms with Crippen LogP contribution in [0, 0.1) is 6.92 Å². The second kappa shape index (κ2) is 4.94. The van der Waals surface area contributed by atoms with Gasteiger partial charge in [-0.1, -0.05) is 29.8 Å². The van der Waals surface area contributed by atoms with Gasteiger partial charge in [-0.25, -0.2) is 13.1 Å². The van der Waals surface area contributed by atoms with Crippen LogP contribution >= 0.6 is 0 Å². The van der Waals surface area contributed by atoms with Crippen LogP contribution in [-0.2, 0) is 14.8 Å². The van der Waals surface area contributed by atoms with E-state index in [9.17, 15) is 13.2 Å². The molecule has 5 heteroatoms. The van der Waals surface area contributed by atoms with E-state index in [1.165, 1.54) is 6.08 Å². The Morgan fingerprint density at radius 3 is 2.62 bits per heavy atom. The molecule has 0 radical (unpaired) electrons. The molecule has 1 rings (SSSR count). The SMILES string of the molecule is Cc1cccc(/C=C/C(=O)NS(C)(=O)=O)c1. The van der Waals surface area contributed by atoms with Crippen LogP contribution in [0.25, 0.3) is 6.08 Å². The molecular weight excluding hydrogens is 226 g/mol. The molecule has 0 heterocycles. The molecule has 0 saturated heterocycles. The lowest BCUT2D eigenvalue weighted by Crippen LogP contribution is -2.27. The fourth-order valence-corrected chi connectivity index (χ4v) is 1.60. The molecule has 0 atom stereocenters. The molecule has 0 unspecified atom stereocenters. The summed E-state index contributed by atoms with van der Waals surface area (Å²) in [6.07, 6.45) is 3.69. The van der Waals surface area contributed by atoms with Crippen LogP contribution in [-0.4, -0.2) is 20.6 Å². The van der Waals surface area contributed by atoms with Gasteiger partial charge in [0, 0.05) is 6.08 Å². The first kappa shape index (κ1) is 12.4. The third-order valence-electron chi connectivity index (χ3n) is 1.76. The molecule has 1 amide bonds. The zero-order chi connectivity index (χ0) is 12.2. The van der Waals surface area contributed by atoms with Gasteiger partial charge in [-0.2, -0.15) is 0 Å². The maximum atomic E-state index is 11.1. The monoisotopic (exact) mass is 239 g/mol. The number of nitrogens with one attached hydrogen (secondary N) is 1. The average molecular weight is 239 g/mol. The summed E-state index contributed by atoms with van der Waals surface area (Å²) < 4.78 is 23.3. The standard InChI is InChI=1S/C11H13NO3S/c1-9-4-3-5-10(8-9)6-7-11(13)12-16(2,14)15/h3-8H,1-2H3,(H,12,13)/b7-6+. The summed E-state index contributed by atoms with van der Waals surface area (Å²) in [4.78, 5) is 11.1. The number of sulfonamides is 1. The van der Waals surface area contributed by atoms with Crippen molar-refractivity contribution < 1.29 is 13.2 Å². The van der Waals surface area contributed by atoms with Gasteiger partial charge in [0.2, 0.25) is 10.0 Å². The fourth-order valence-electron chi connectivity index (χ4n) is 1.16. The van der Waals surface area contributed by atoms with E-state index in [0.29, 0.717) is 0 Å². The van der Waals surface area contributed by atoms with Crippen molar-refractivity contribution in [1.82, 2.24) is 4.72 Å². The lowest BCUT2D eigenvalue weighted by molar-refractivity contribution is -0.114. The highest BCUT2D eigenvalue weighted by Crippen LogP contribution is 2.05. The third kappa shape index (κ3) is 4.75. The second-order valence-corrected chi connectivity index (χ2v) is 5.23. The average Bonchev–Trinajstić information content (AvgIpc) is 2.12. The Morgan fingerprint density at radius 1 is 1.38 bits per heavy atom. The van der Waals surface area contributed by atoms with E-state index in [-0.39, 0.29) is 0 Å². The summed E-state index contributed by atoms with van der Waals surface area (Å²) in [6.45, 7) is 1.94. The summed E-state index contributed by atoms with van der Waals surface area (Å²) in [5.41, 5.74) is 1.93. The molecular formula is C11H13NO3S. The molecule has 0 aliphatic heterocycles. The molecule has 16 heavy (non-hydrogen) atoms. The summed E-state index contributed by atoms with van der Waals surface area (Å²) in [5.74, 6) is -0.649. The minimum atomic E-state index is -3.49. The number of rotatable bonds is 3. The topological polar surface area (TPSA) is 63.2 Å². The number of carbonyl (C=O) groups is 1. The molecule has 0 fully saturated rings. The second-order valence-electron chi connectivity index (χ2n) is 3.49. The third-order valence-corrected chi connectivity index (χ3v) is 2.33. The minimum absolute atomic E-state index is 0.649. The minimum Gasteiger partial charge on any atom is -0.269 e. The number of carbonyl (C=O) groups excluding carboxylic acids is 1. The lowest BCUT2D eigenvalue weighted by Gasteiger charge is -1.97. The number of aryl methyl sites for hydroxylation is 1. The summed E-state index contributed by atoms with van der Waals surface area (Å²) in [7, 11) is -3.49. The number of hydrogen-bond acceptors (Lipinski definition) is 3. The van der Waals surface area contributed by atoms with Crippen LogP contribution in [0.1, 0.15) is 11.1 Å². The Balaban J connectivity index is 2.71. The highest BCUT2D eigenvalue weighted by atomic mass is 32.2. The normalized spacial score (nSPS) is 11.6. The van der Waals surface area contributed by atoms with E-state index >= 15 is 0 Å². The van der Waals surface area contributed by atoms with Crippen LogP contribution < -0.4 is 4.72 Å². The van der Waals surface area contributed by atoms with Gasteiger partial charge in [-0.15, -0.1) is 0 Å². The van der Waals surface area contributed by atoms with Gasteiger partial charge in [-0.05, 0) is 18.6 Å². The molecule has 0 aromatic heterocycles. The summed E-state index contributed by atoms with van der Waals surface area (Å²) >= 11 is 0. The zero-order valence-electron chi connectivity index (χ0n) is 9.10. The Hall–Kier alpha value is -1.62. The van der Waals surface area contributed by atoms with Crippen molar-refractivity contribution in [2.45, 2.75) is 6.92 Å². The molecule has 86 valence electrons. The van der Waals surface area contributed by atoms with E-state index < -0.39 is 15.9 Å². The Kier molecular flexibility index (Phi) is 3.84. The summed E-state index contributed by atoms with van der Waals surface area (Å²) in [6, 6.07) is 7.53. The van der Waals surface area contributed by atoms with Crippen molar-refractivity contribution in [1.29, 1.82) is 0 Å². The first-order valence-electron chi connectivity index (χ1n) is 4.63. The number of amides is 1. The van der Waals surface area contributed by atoms with Crippen molar-refractivity contribution in [3.8, 4) is 0 Å². The first-order chi connectivity index (χ1) is 7.37. The van der Waals surface area contributed by atoms with E-state index in [1.807, 2.05) is 35.9 Å². The quantitative estimate of drug-likeness (QED) is 0.803. The molecule has 1 aromatic carbocycles. The Bertz CT molecular complexity index is 518. The Labute approximate surface area is 95.0 Å². The molecule has 0 aliphatic carbocycles. The van der Waals surface area contributed by atoms with Crippen molar-refractivity contribution in [2.24, 2.45) is 0 Å². The maximum Gasteiger partial charge on any atom is 0.257 e. The van der Waals surface area contributed by atoms with Crippen LogP contribution in [0.3, 0.4) is 0 Å². The van der Waals surface area contributed by atoms with Gasteiger partial charge in [0.05, 0.1) is 6.26 Å². The van der Waals surface area contributed by atoms with Crippen LogP contribution in [0.2, 0.25) is 0 Å². The highest BCUT2D eigenvalue weighted by Gasteiger charge is 2.03. The lowest BCUT2D eigenvalue weighted by atomic mass is 10.1. The van der Waals surface area contributed by atoms with E-state index in [0.717, 1.165) is 17.4 Å². The maximum absolute atomic E-state index is 11.1. The van der Waals surface area contributed by atoms with Gasteiger partial charge in [0.15, 0.2) is 0 Å². The molecule has 0 bridgehead atoms. The van der Waals surface area contributed by atoms with Gasteiger partial charge in [-0.3, -0.25) is 4.79 Å². The predicted molar refractivity (Wildman–Crippen MR) is 63.2 cm³/mol. The number of benzene rings is 1. The molecule has 0 aliphatic rings. The number of hydrogen-bond donors (Lipinski definition) is 1. The van der Waals surface area contributed by atoms with Crippen molar-refractivity contribution in [3.05, 3.63) is 41.5 Å². The zero-order valence-corrected chi connectivity index (χ0v) is 9.91. The fraction of sp³-hybridized carbons (Fsp3) is 0.182.